The van der Waals surface area contributed by atoms with Crippen molar-refractivity contribution in [3.63, 3.8) is 0 Å². The van der Waals surface area contributed by atoms with Crippen molar-refractivity contribution in [1.29, 1.82) is 0 Å². The third kappa shape index (κ3) is 7.51. The fourth-order valence-electron chi connectivity index (χ4n) is 6.12. The first-order valence-corrected chi connectivity index (χ1v) is 14.6. The summed E-state index contributed by atoms with van der Waals surface area (Å²) in [7, 11) is 0. The van der Waals surface area contributed by atoms with Crippen LogP contribution in [0.25, 0.3) is 0 Å². The Hall–Kier alpha value is -1.83. The lowest BCUT2D eigenvalue weighted by Crippen LogP contribution is -2.53. The van der Waals surface area contributed by atoms with Crippen molar-refractivity contribution < 1.29 is 14.3 Å². The normalized spacial score (nSPS) is 20.7. The van der Waals surface area contributed by atoms with E-state index in [-0.39, 0.29) is 30.1 Å². The molecule has 2 aromatic carbocycles. The van der Waals surface area contributed by atoms with E-state index in [0.29, 0.717) is 42.6 Å². The zero-order chi connectivity index (χ0) is 28.4. The van der Waals surface area contributed by atoms with E-state index in [9.17, 15) is 9.59 Å². The molecule has 2 aromatic rings. The van der Waals surface area contributed by atoms with Gasteiger partial charge in [0.1, 0.15) is 5.60 Å². The summed E-state index contributed by atoms with van der Waals surface area (Å²) in [5.74, 6) is 0.141. The molecule has 4 rings (SSSR count). The van der Waals surface area contributed by atoms with Crippen LogP contribution >= 0.6 is 35.6 Å². The number of primary amides is 1. The van der Waals surface area contributed by atoms with Crippen molar-refractivity contribution >= 4 is 47.4 Å². The molecule has 2 fully saturated rings. The fraction of sp³-hybridized carbons (Fsp3) is 0.548. The van der Waals surface area contributed by atoms with E-state index in [4.69, 9.17) is 33.7 Å². The molecule has 220 valence electrons. The van der Waals surface area contributed by atoms with Gasteiger partial charge in [-0.15, -0.1) is 12.4 Å². The maximum absolute atomic E-state index is 13.5. The van der Waals surface area contributed by atoms with Gasteiger partial charge in [-0.1, -0.05) is 72.4 Å². The number of ether oxygens (including phenoxy) is 1. The van der Waals surface area contributed by atoms with Crippen LogP contribution in [0.4, 0.5) is 0 Å². The first-order valence-electron chi connectivity index (χ1n) is 13.9. The summed E-state index contributed by atoms with van der Waals surface area (Å²) in [5.41, 5.74) is 8.77. The summed E-state index contributed by atoms with van der Waals surface area (Å²) in [5, 5.41) is 0.971. The number of piperidine rings is 1. The van der Waals surface area contributed by atoms with Crippen LogP contribution in [0, 0.1) is 25.2 Å². The molecule has 2 saturated heterocycles. The summed E-state index contributed by atoms with van der Waals surface area (Å²) >= 11 is 12.7. The number of rotatable bonds is 8. The molecule has 40 heavy (non-hydrogen) atoms. The standard InChI is InChI=1S/C31H41Cl2N3O3.ClH/c1-21-15-22(2)17-23(16-21)18-28(37)36-13-14-39-31(20-36,25-5-6-26(32)27(33)19-25)9-12-35-10-7-24(8-11-35)30(3,4)29(34)38;/h5-6,15-17,19,24H,7-14,18,20H2,1-4H3,(H2,34,38);1H. The molecule has 9 heteroatoms. The van der Waals surface area contributed by atoms with Crippen molar-refractivity contribution in [2.75, 3.05) is 39.3 Å². The highest BCUT2D eigenvalue weighted by Gasteiger charge is 2.42. The number of hydrogen-bond acceptors (Lipinski definition) is 4. The van der Waals surface area contributed by atoms with Crippen molar-refractivity contribution in [2.24, 2.45) is 17.1 Å². The van der Waals surface area contributed by atoms with Crippen molar-refractivity contribution in [3.8, 4) is 0 Å². The SMILES string of the molecule is Cc1cc(C)cc(CC(=O)N2CCOC(CCN3CCC(C(C)(C)C(N)=O)CC3)(c3ccc(Cl)c(Cl)c3)C2)c1.Cl. The molecule has 0 aromatic heterocycles. The van der Waals surface area contributed by atoms with Crippen LogP contribution in [0.2, 0.25) is 10.0 Å². The molecular weight excluding hydrogens is 569 g/mol. The molecule has 2 N–H and O–H groups in total. The third-order valence-electron chi connectivity index (χ3n) is 8.70. The van der Waals surface area contributed by atoms with E-state index in [0.717, 1.165) is 54.7 Å². The van der Waals surface area contributed by atoms with Crippen molar-refractivity contribution in [3.05, 3.63) is 68.7 Å². The molecule has 0 saturated carbocycles. The summed E-state index contributed by atoms with van der Waals surface area (Å²) < 4.78 is 6.53. The Morgan fingerprint density at radius 3 is 2.27 bits per heavy atom. The zero-order valence-electron chi connectivity index (χ0n) is 24.0. The number of likely N-dealkylation sites (tertiary alicyclic amines) is 1. The van der Waals surface area contributed by atoms with Crippen LogP contribution in [0.5, 0.6) is 0 Å². The summed E-state index contributed by atoms with van der Waals surface area (Å²) in [4.78, 5) is 29.8. The fourth-order valence-corrected chi connectivity index (χ4v) is 6.42. The topological polar surface area (TPSA) is 75.9 Å². The van der Waals surface area contributed by atoms with Crippen LogP contribution in [0.1, 0.15) is 55.4 Å². The molecule has 2 aliphatic heterocycles. The van der Waals surface area contributed by atoms with Crippen LogP contribution < -0.4 is 5.73 Å². The summed E-state index contributed by atoms with van der Waals surface area (Å²) in [6.45, 7) is 12.1. The van der Waals surface area contributed by atoms with Gasteiger partial charge in [0, 0.05) is 18.5 Å². The molecule has 6 nitrogen and oxygen atoms in total. The quantitative estimate of drug-likeness (QED) is 0.401. The van der Waals surface area contributed by atoms with Crippen LogP contribution in [-0.4, -0.2) is 60.9 Å². The van der Waals surface area contributed by atoms with E-state index >= 15 is 0 Å². The third-order valence-corrected chi connectivity index (χ3v) is 9.44. The van der Waals surface area contributed by atoms with Gasteiger partial charge in [0.05, 0.1) is 29.6 Å². The molecular formula is C31H42Cl3N3O3. The second kappa shape index (κ2) is 13.4. The number of amides is 2. The minimum absolute atomic E-state index is 0. The number of carbonyl (C=O) groups is 2. The first kappa shape index (κ1) is 32.7. The Bertz CT molecular complexity index is 1190. The lowest BCUT2D eigenvalue weighted by molar-refractivity contribution is -0.154. The molecule has 0 bridgehead atoms. The molecule has 2 amide bonds. The predicted molar refractivity (Wildman–Crippen MR) is 164 cm³/mol. The van der Waals surface area contributed by atoms with Gasteiger partial charge in [-0.2, -0.15) is 0 Å². The number of hydrogen-bond donors (Lipinski definition) is 1. The Labute approximate surface area is 254 Å². The van der Waals surface area contributed by atoms with Gasteiger partial charge in [-0.3, -0.25) is 9.59 Å². The monoisotopic (exact) mass is 609 g/mol. The number of nitrogens with zero attached hydrogens (tertiary/aromatic N) is 2. The van der Waals surface area contributed by atoms with Crippen LogP contribution in [0.3, 0.4) is 0 Å². The highest BCUT2D eigenvalue weighted by molar-refractivity contribution is 6.42. The van der Waals surface area contributed by atoms with Gasteiger partial charge < -0.3 is 20.3 Å². The molecule has 2 aliphatic rings. The average Bonchev–Trinajstić information content (AvgIpc) is 2.88. The molecule has 1 atom stereocenters. The van der Waals surface area contributed by atoms with Gasteiger partial charge in [0.15, 0.2) is 0 Å². The Morgan fingerprint density at radius 1 is 1.02 bits per heavy atom. The summed E-state index contributed by atoms with van der Waals surface area (Å²) in [6, 6.07) is 11.9. The first-order chi connectivity index (χ1) is 18.4. The molecule has 1 unspecified atom stereocenters. The number of benzene rings is 2. The maximum Gasteiger partial charge on any atom is 0.227 e. The lowest BCUT2D eigenvalue weighted by atomic mass is 9.73. The van der Waals surface area contributed by atoms with Crippen molar-refractivity contribution in [2.45, 2.75) is 59.0 Å². The minimum atomic E-state index is -0.687. The van der Waals surface area contributed by atoms with Gasteiger partial charge >= 0.3 is 0 Å². The van der Waals surface area contributed by atoms with E-state index in [2.05, 4.69) is 36.9 Å². The van der Waals surface area contributed by atoms with E-state index < -0.39 is 11.0 Å². The van der Waals surface area contributed by atoms with Gasteiger partial charge in [0.25, 0.3) is 0 Å². The largest absolute Gasteiger partial charge is 0.369 e. The van der Waals surface area contributed by atoms with Gasteiger partial charge in [-0.05, 0) is 75.4 Å². The predicted octanol–water partition coefficient (Wildman–Crippen LogP) is 5.94. The van der Waals surface area contributed by atoms with E-state index in [1.54, 1.807) is 6.07 Å². The maximum atomic E-state index is 13.5. The molecule has 0 radical (unpaired) electrons. The lowest BCUT2D eigenvalue weighted by Gasteiger charge is -2.45. The minimum Gasteiger partial charge on any atom is -0.369 e. The second-order valence-electron chi connectivity index (χ2n) is 11.9. The summed E-state index contributed by atoms with van der Waals surface area (Å²) in [6.07, 6.45) is 2.93. The Kier molecular flexibility index (Phi) is 11.0. The Morgan fingerprint density at radius 2 is 1.68 bits per heavy atom. The number of aryl methyl sites for hydroxylation is 2. The molecule has 2 heterocycles. The van der Waals surface area contributed by atoms with Crippen LogP contribution in [-0.2, 0) is 26.3 Å². The zero-order valence-corrected chi connectivity index (χ0v) is 26.3. The number of nitrogens with two attached hydrogens (primary N) is 1. The smallest absolute Gasteiger partial charge is 0.227 e. The Balaban J connectivity index is 0.00000441. The number of halogens is 3. The van der Waals surface area contributed by atoms with Crippen molar-refractivity contribution in [1.82, 2.24) is 9.80 Å². The molecule has 0 spiro atoms. The molecule has 0 aliphatic carbocycles. The highest BCUT2D eigenvalue weighted by atomic mass is 35.5. The van der Waals surface area contributed by atoms with E-state index in [1.165, 1.54) is 0 Å². The van der Waals surface area contributed by atoms with E-state index in [1.807, 2.05) is 30.9 Å². The van der Waals surface area contributed by atoms with Gasteiger partial charge in [0.2, 0.25) is 11.8 Å². The van der Waals surface area contributed by atoms with Crippen LogP contribution in [0.15, 0.2) is 36.4 Å². The highest BCUT2D eigenvalue weighted by Crippen LogP contribution is 2.39. The number of morpholine rings is 1. The van der Waals surface area contributed by atoms with Gasteiger partial charge in [-0.25, -0.2) is 0 Å². The average molecular weight is 611 g/mol. The number of carbonyl (C=O) groups excluding carboxylic acids is 2. The second-order valence-corrected chi connectivity index (χ2v) is 12.7.